The van der Waals surface area contributed by atoms with Crippen LogP contribution in [0, 0.1) is 0 Å². The Labute approximate surface area is 80.1 Å². The minimum Gasteiger partial charge on any atom is -0.314 e. The Morgan fingerprint density at radius 2 is 2.23 bits per heavy atom. The van der Waals surface area contributed by atoms with Crippen molar-refractivity contribution in [3.63, 3.8) is 0 Å². The summed E-state index contributed by atoms with van der Waals surface area (Å²) in [6.07, 6.45) is 5.67. The number of hydrogen-bond donors (Lipinski definition) is 3. The smallest absolute Gasteiger partial charge is 0.314 e. The topological polar surface area (TPSA) is 65.7 Å². The van der Waals surface area contributed by atoms with Crippen LogP contribution >= 0.6 is 12.6 Å². The molecule has 0 aliphatic rings. The Morgan fingerprint density at radius 3 is 2.85 bits per heavy atom. The van der Waals surface area contributed by atoms with Crippen LogP contribution in [0.5, 0.6) is 0 Å². The van der Waals surface area contributed by atoms with Gasteiger partial charge in [0.05, 0.1) is 5.56 Å². The number of aromatic nitrogens is 2. The van der Waals surface area contributed by atoms with E-state index in [2.05, 4.69) is 22.6 Å². The van der Waals surface area contributed by atoms with Gasteiger partial charge >= 0.3 is 5.69 Å². The van der Waals surface area contributed by atoms with Crippen molar-refractivity contribution in [3.8, 4) is 0 Å². The third-order valence-corrected chi connectivity index (χ3v) is 1.70. The van der Waals surface area contributed by atoms with Crippen LogP contribution in [0.3, 0.4) is 0 Å². The summed E-state index contributed by atoms with van der Waals surface area (Å²) in [5.74, 6) is 0.734. The third kappa shape index (κ3) is 2.95. The molecule has 1 rings (SSSR count). The molecule has 0 unspecified atom stereocenters. The highest BCUT2D eigenvalue weighted by molar-refractivity contribution is 7.80. The van der Waals surface area contributed by atoms with Crippen molar-refractivity contribution >= 4 is 18.7 Å². The second kappa shape index (κ2) is 4.71. The molecular formula is C8H10N2O2S. The maximum Gasteiger partial charge on any atom is 0.325 e. The first kappa shape index (κ1) is 9.85. The van der Waals surface area contributed by atoms with Crippen LogP contribution < -0.4 is 11.2 Å². The Morgan fingerprint density at radius 1 is 1.46 bits per heavy atom. The van der Waals surface area contributed by atoms with E-state index in [4.69, 9.17) is 0 Å². The van der Waals surface area contributed by atoms with Gasteiger partial charge in [0, 0.05) is 6.20 Å². The van der Waals surface area contributed by atoms with Crippen LogP contribution in [0.15, 0.2) is 21.9 Å². The standard InChI is InChI=1S/C8H10N2O2S/c11-7-6(3-1-2-4-13)5-9-8(12)10-7/h1,3,5,13H,2,4H2,(H2,9,10,11,12). The summed E-state index contributed by atoms with van der Waals surface area (Å²) in [7, 11) is 0. The lowest BCUT2D eigenvalue weighted by molar-refractivity contribution is 1.03. The van der Waals surface area contributed by atoms with E-state index >= 15 is 0 Å². The van der Waals surface area contributed by atoms with Gasteiger partial charge in [0.15, 0.2) is 0 Å². The molecule has 13 heavy (non-hydrogen) atoms. The van der Waals surface area contributed by atoms with Crippen molar-refractivity contribution in [1.29, 1.82) is 0 Å². The van der Waals surface area contributed by atoms with Gasteiger partial charge < -0.3 is 4.98 Å². The fourth-order valence-corrected chi connectivity index (χ4v) is 0.978. The lowest BCUT2D eigenvalue weighted by Crippen LogP contribution is -2.22. The molecule has 1 aromatic heterocycles. The summed E-state index contributed by atoms with van der Waals surface area (Å²) in [6, 6.07) is 0. The first-order valence-electron chi connectivity index (χ1n) is 3.83. The summed E-state index contributed by atoms with van der Waals surface area (Å²) < 4.78 is 0. The van der Waals surface area contributed by atoms with Gasteiger partial charge in [-0.25, -0.2) is 4.79 Å². The molecule has 0 amide bonds. The van der Waals surface area contributed by atoms with Crippen LogP contribution in [0.1, 0.15) is 12.0 Å². The van der Waals surface area contributed by atoms with Gasteiger partial charge in [0.25, 0.3) is 5.56 Å². The second-order valence-corrected chi connectivity index (χ2v) is 2.89. The zero-order valence-corrected chi connectivity index (χ0v) is 7.80. The van der Waals surface area contributed by atoms with E-state index < -0.39 is 5.69 Å². The summed E-state index contributed by atoms with van der Waals surface area (Å²) in [6.45, 7) is 0. The van der Waals surface area contributed by atoms with Gasteiger partial charge in [-0.3, -0.25) is 9.78 Å². The minimum absolute atomic E-state index is 0.376. The molecule has 0 saturated carbocycles. The van der Waals surface area contributed by atoms with E-state index in [0.29, 0.717) is 5.56 Å². The van der Waals surface area contributed by atoms with E-state index in [1.165, 1.54) is 6.20 Å². The molecule has 1 aromatic rings. The van der Waals surface area contributed by atoms with Crippen molar-refractivity contribution in [2.24, 2.45) is 0 Å². The van der Waals surface area contributed by atoms with E-state index in [1.54, 1.807) is 6.08 Å². The molecule has 1 heterocycles. The minimum atomic E-state index is -0.489. The average molecular weight is 198 g/mol. The molecule has 0 aliphatic heterocycles. The zero-order valence-electron chi connectivity index (χ0n) is 6.91. The zero-order chi connectivity index (χ0) is 9.68. The van der Waals surface area contributed by atoms with E-state index in [9.17, 15) is 9.59 Å². The Kier molecular flexibility index (Phi) is 3.57. The van der Waals surface area contributed by atoms with E-state index in [0.717, 1.165) is 12.2 Å². The highest BCUT2D eigenvalue weighted by atomic mass is 32.1. The van der Waals surface area contributed by atoms with E-state index in [-0.39, 0.29) is 5.56 Å². The highest BCUT2D eigenvalue weighted by Gasteiger charge is 1.93. The van der Waals surface area contributed by atoms with Crippen molar-refractivity contribution in [2.75, 3.05) is 5.75 Å². The maximum absolute atomic E-state index is 11.1. The van der Waals surface area contributed by atoms with Gasteiger partial charge in [-0.1, -0.05) is 12.2 Å². The number of thiol groups is 1. The SMILES string of the molecule is O=c1[nH]cc(C=CCCS)c(=O)[nH]1. The number of H-pyrrole nitrogens is 2. The number of nitrogens with one attached hydrogen (secondary N) is 2. The molecule has 0 saturated heterocycles. The van der Waals surface area contributed by atoms with Crippen molar-refractivity contribution in [3.05, 3.63) is 38.7 Å². The largest absolute Gasteiger partial charge is 0.325 e. The molecule has 0 fully saturated rings. The first-order chi connectivity index (χ1) is 6.24. The molecule has 5 heteroatoms. The number of aromatic amines is 2. The molecule has 0 spiro atoms. The predicted molar refractivity (Wildman–Crippen MR) is 55.2 cm³/mol. The van der Waals surface area contributed by atoms with Crippen molar-refractivity contribution in [2.45, 2.75) is 6.42 Å². The fourth-order valence-electron chi connectivity index (χ4n) is 0.829. The lowest BCUT2D eigenvalue weighted by atomic mass is 10.3. The van der Waals surface area contributed by atoms with E-state index in [1.807, 2.05) is 6.08 Å². The van der Waals surface area contributed by atoms with Gasteiger partial charge in [-0.15, -0.1) is 0 Å². The third-order valence-electron chi connectivity index (χ3n) is 1.44. The summed E-state index contributed by atoms with van der Waals surface area (Å²) in [4.78, 5) is 26.2. The maximum atomic E-state index is 11.1. The number of hydrogen-bond acceptors (Lipinski definition) is 3. The summed E-state index contributed by atoms with van der Waals surface area (Å²) in [5.41, 5.74) is -0.420. The van der Waals surface area contributed by atoms with Crippen LogP contribution in [0.25, 0.3) is 6.08 Å². The van der Waals surface area contributed by atoms with Crippen LogP contribution in [0.4, 0.5) is 0 Å². The molecule has 70 valence electrons. The van der Waals surface area contributed by atoms with Crippen molar-refractivity contribution < 1.29 is 0 Å². The monoisotopic (exact) mass is 198 g/mol. The lowest BCUT2D eigenvalue weighted by Gasteiger charge is -1.89. The highest BCUT2D eigenvalue weighted by Crippen LogP contribution is 1.93. The normalized spacial score (nSPS) is 10.8. The van der Waals surface area contributed by atoms with Gasteiger partial charge in [0.2, 0.25) is 0 Å². The van der Waals surface area contributed by atoms with Gasteiger partial charge in [-0.2, -0.15) is 12.6 Å². The molecular weight excluding hydrogens is 188 g/mol. The second-order valence-electron chi connectivity index (χ2n) is 2.44. The molecule has 4 nitrogen and oxygen atoms in total. The van der Waals surface area contributed by atoms with Gasteiger partial charge in [0.1, 0.15) is 0 Å². The van der Waals surface area contributed by atoms with Crippen LogP contribution in [0.2, 0.25) is 0 Å². The Hall–Kier alpha value is -1.23. The van der Waals surface area contributed by atoms with Crippen molar-refractivity contribution in [1.82, 2.24) is 9.97 Å². The molecule has 0 radical (unpaired) electrons. The molecule has 0 bridgehead atoms. The Bertz CT molecular complexity index is 405. The number of rotatable bonds is 3. The Balaban J connectivity index is 2.90. The average Bonchev–Trinajstić information content (AvgIpc) is 2.09. The van der Waals surface area contributed by atoms with Crippen LogP contribution in [-0.2, 0) is 0 Å². The number of allylic oxidation sites excluding steroid dienone is 1. The summed E-state index contributed by atoms with van der Waals surface area (Å²) in [5, 5.41) is 0. The predicted octanol–water partition coefficient (Wildman–Crippen LogP) is 0.396. The quantitative estimate of drug-likeness (QED) is 0.615. The van der Waals surface area contributed by atoms with Crippen LogP contribution in [-0.4, -0.2) is 15.7 Å². The molecule has 0 atom stereocenters. The fraction of sp³-hybridized carbons (Fsp3) is 0.250. The van der Waals surface area contributed by atoms with Gasteiger partial charge in [-0.05, 0) is 12.2 Å². The molecule has 2 N–H and O–H groups in total. The first-order valence-corrected chi connectivity index (χ1v) is 4.46. The molecule has 0 aromatic carbocycles. The summed E-state index contributed by atoms with van der Waals surface area (Å²) >= 11 is 4.01. The molecule has 0 aliphatic carbocycles.